The second-order valence-electron chi connectivity index (χ2n) is 3.83. The molecule has 1 aromatic rings. The molecule has 0 unspecified atom stereocenters. The van der Waals surface area contributed by atoms with Crippen molar-refractivity contribution < 1.29 is 9.53 Å². The zero-order valence-corrected chi connectivity index (χ0v) is 10.1. The Hall–Kier alpha value is -1.65. The molecular weight excluding hydrogens is 206 g/mol. The van der Waals surface area contributed by atoms with Gasteiger partial charge in [0.2, 0.25) is 0 Å². The maximum atomic E-state index is 11.3. The number of carbonyl (C=O) groups excluding carboxylic acids is 1. The van der Waals surface area contributed by atoms with Crippen molar-refractivity contribution in [2.45, 2.75) is 26.8 Å². The van der Waals surface area contributed by atoms with Gasteiger partial charge in [0.1, 0.15) is 6.54 Å². The van der Waals surface area contributed by atoms with Crippen LogP contribution in [0.5, 0.6) is 0 Å². The molecule has 5 heteroatoms. The molecule has 0 aromatic carbocycles. The van der Waals surface area contributed by atoms with Crippen LogP contribution in [0.4, 0.5) is 5.82 Å². The van der Waals surface area contributed by atoms with E-state index in [9.17, 15) is 4.79 Å². The maximum absolute atomic E-state index is 11.3. The van der Waals surface area contributed by atoms with Crippen LogP contribution in [0.3, 0.4) is 0 Å². The number of rotatable bonds is 4. The van der Waals surface area contributed by atoms with Crippen LogP contribution in [-0.4, -0.2) is 35.9 Å². The molecule has 1 aromatic heterocycles. The van der Waals surface area contributed by atoms with Gasteiger partial charge in [0.05, 0.1) is 12.8 Å². The van der Waals surface area contributed by atoms with Crippen LogP contribution in [0.25, 0.3) is 0 Å². The van der Waals surface area contributed by atoms with E-state index >= 15 is 0 Å². The number of hydrogen-bond donors (Lipinski definition) is 0. The highest BCUT2D eigenvalue weighted by Crippen LogP contribution is 2.12. The number of ether oxygens (including phenoxy) is 1. The Morgan fingerprint density at radius 3 is 2.56 bits per heavy atom. The van der Waals surface area contributed by atoms with Crippen molar-refractivity contribution in [2.24, 2.45) is 0 Å². The number of methoxy groups -OCH3 is 1. The Morgan fingerprint density at radius 1 is 1.44 bits per heavy atom. The zero-order valence-electron chi connectivity index (χ0n) is 10.1. The molecule has 0 aliphatic heterocycles. The highest BCUT2D eigenvalue weighted by atomic mass is 16.5. The zero-order chi connectivity index (χ0) is 12.1. The van der Waals surface area contributed by atoms with Crippen molar-refractivity contribution in [1.82, 2.24) is 10.2 Å². The molecule has 0 N–H and O–H groups in total. The monoisotopic (exact) mass is 223 g/mol. The fraction of sp³-hybridized carbons (Fsp3) is 0.545. The third kappa shape index (κ3) is 3.18. The SMILES string of the molecule is COC(=O)CN(c1ccc(C)nn1)C(C)C. The van der Waals surface area contributed by atoms with Gasteiger partial charge in [-0.2, -0.15) is 5.10 Å². The topological polar surface area (TPSA) is 55.3 Å². The molecule has 0 amide bonds. The van der Waals surface area contributed by atoms with Gasteiger partial charge in [0.25, 0.3) is 0 Å². The number of carbonyl (C=O) groups is 1. The molecule has 16 heavy (non-hydrogen) atoms. The van der Waals surface area contributed by atoms with Crippen LogP contribution >= 0.6 is 0 Å². The molecule has 88 valence electrons. The summed E-state index contributed by atoms with van der Waals surface area (Å²) in [5.74, 6) is 0.405. The summed E-state index contributed by atoms with van der Waals surface area (Å²) in [5.41, 5.74) is 0.852. The van der Waals surface area contributed by atoms with E-state index in [1.165, 1.54) is 7.11 Å². The summed E-state index contributed by atoms with van der Waals surface area (Å²) in [6, 6.07) is 3.89. The molecule has 0 saturated heterocycles. The van der Waals surface area contributed by atoms with Crippen molar-refractivity contribution >= 4 is 11.8 Å². The maximum Gasteiger partial charge on any atom is 0.325 e. The number of aromatic nitrogens is 2. The number of hydrogen-bond acceptors (Lipinski definition) is 5. The van der Waals surface area contributed by atoms with Crippen LogP contribution in [0.2, 0.25) is 0 Å². The Balaban J connectivity index is 2.85. The second-order valence-corrected chi connectivity index (χ2v) is 3.83. The predicted octanol–water partition coefficient (Wildman–Crippen LogP) is 1.17. The van der Waals surface area contributed by atoms with Crippen molar-refractivity contribution in [3.63, 3.8) is 0 Å². The number of esters is 1. The molecule has 0 radical (unpaired) electrons. The molecule has 0 bridgehead atoms. The molecule has 0 atom stereocenters. The summed E-state index contributed by atoms with van der Waals surface area (Å²) in [6.07, 6.45) is 0. The lowest BCUT2D eigenvalue weighted by Gasteiger charge is -2.25. The number of nitrogens with zero attached hydrogens (tertiary/aromatic N) is 3. The van der Waals surface area contributed by atoms with Gasteiger partial charge in [-0.15, -0.1) is 5.10 Å². The van der Waals surface area contributed by atoms with Gasteiger partial charge in [0, 0.05) is 6.04 Å². The van der Waals surface area contributed by atoms with Gasteiger partial charge in [-0.05, 0) is 32.9 Å². The fourth-order valence-electron chi connectivity index (χ4n) is 1.28. The van der Waals surface area contributed by atoms with Crippen molar-refractivity contribution in [1.29, 1.82) is 0 Å². The Labute approximate surface area is 95.4 Å². The molecule has 1 rings (SSSR count). The summed E-state index contributed by atoms with van der Waals surface area (Å²) in [6.45, 7) is 6.04. The van der Waals surface area contributed by atoms with Crippen LogP contribution in [0, 0.1) is 6.92 Å². The molecule has 1 heterocycles. The average Bonchev–Trinajstić information content (AvgIpc) is 2.26. The van der Waals surface area contributed by atoms with Crippen molar-refractivity contribution in [2.75, 3.05) is 18.6 Å². The van der Waals surface area contributed by atoms with E-state index in [-0.39, 0.29) is 18.6 Å². The molecule has 0 spiro atoms. The van der Waals surface area contributed by atoms with E-state index in [2.05, 4.69) is 14.9 Å². The Kier molecular flexibility index (Phi) is 4.22. The van der Waals surface area contributed by atoms with E-state index < -0.39 is 0 Å². The van der Waals surface area contributed by atoms with Gasteiger partial charge >= 0.3 is 5.97 Å². The molecule has 0 aliphatic carbocycles. The molecule has 0 saturated carbocycles. The smallest absolute Gasteiger partial charge is 0.325 e. The summed E-state index contributed by atoms with van der Waals surface area (Å²) in [5, 5.41) is 8.03. The molecule has 0 aliphatic rings. The Bertz CT molecular complexity index is 349. The van der Waals surface area contributed by atoms with E-state index in [1.54, 1.807) is 0 Å². The predicted molar refractivity (Wildman–Crippen MR) is 61.3 cm³/mol. The first kappa shape index (κ1) is 12.4. The van der Waals surface area contributed by atoms with Gasteiger partial charge in [-0.1, -0.05) is 0 Å². The molecular formula is C11H17N3O2. The van der Waals surface area contributed by atoms with Crippen molar-refractivity contribution in [3.05, 3.63) is 17.8 Å². The Morgan fingerprint density at radius 2 is 2.12 bits per heavy atom. The summed E-state index contributed by atoms with van der Waals surface area (Å²) >= 11 is 0. The lowest BCUT2D eigenvalue weighted by Crippen LogP contribution is -2.37. The minimum absolute atomic E-state index is 0.163. The minimum atomic E-state index is -0.281. The quantitative estimate of drug-likeness (QED) is 0.717. The van der Waals surface area contributed by atoms with Crippen LogP contribution in [0.15, 0.2) is 12.1 Å². The lowest BCUT2D eigenvalue weighted by molar-refractivity contribution is -0.139. The largest absolute Gasteiger partial charge is 0.468 e. The highest BCUT2D eigenvalue weighted by Gasteiger charge is 2.16. The summed E-state index contributed by atoms with van der Waals surface area (Å²) < 4.78 is 4.65. The first-order chi connectivity index (χ1) is 7.54. The van der Waals surface area contributed by atoms with Crippen molar-refractivity contribution in [3.8, 4) is 0 Å². The van der Waals surface area contributed by atoms with Crippen LogP contribution in [-0.2, 0) is 9.53 Å². The normalized spacial score (nSPS) is 10.3. The highest BCUT2D eigenvalue weighted by molar-refractivity contribution is 5.75. The van der Waals surface area contributed by atoms with E-state index in [0.717, 1.165) is 5.69 Å². The molecule has 0 fully saturated rings. The standard InChI is InChI=1S/C11H17N3O2/c1-8(2)14(7-11(15)16-4)10-6-5-9(3)12-13-10/h5-6,8H,7H2,1-4H3. The van der Waals surface area contributed by atoms with Gasteiger partial charge in [-0.3, -0.25) is 4.79 Å². The first-order valence-corrected chi connectivity index (χ1v) is 5.18. The fourth-order valence-corrected chi connectivity index (χ4v) is 1.28. The molecule has 5 nitrogen and oxygen atoms in total. The minimum Gasteiger partial charge on any atom is -0.468 e. The van der Waals surface area contributed by atoms with E-state index in [4.69, 9.17) is 0 Å². The van der Waals surface area contributed by atoms with Gasteiger partial charge in [-0.25, -0.2) is 0 Å². The van der Waals surface area contributed by atoms with Gasteiger partial charge < -0.3 is 9.64 Å². The summed E-state index contributed by atoms with van der Waals surface area (Å²) in [7, 11) is 1.38. The third-order valence-corrected chi connectivity index (χ3v) is 2.23. The number of aryl methyl sites for hydroxylation is 1. The summed E-state index contributed by atoms with van der Waals surface area (Å²) in [4.78, 5) is 13.1. The van der Waals surface area contributed by atoms with Gasteiger partial charge in [0.15, 0.2) is 5.82 Å². The first-order valence-electron chi connectivity index (χ1n) is 5.18. The number of anilines is 1. The second kappa shape index (κ2) is 5.44. The third-order valence-electron chi connectivity index (χ3n) is 2.23. The lowest BCUT2D eigenvalue weighted by atomic mass is 10.3. The van der Waals surface area contributed by atoms with E-state index in [1.807, 2.05) is 37.8 Å². The average molecular weight is 223 g/mol. The van der Waals surface area contributed by atoms with Crippen LogP contribution < -0.4 is 4.90 Å². The van der Waals surface area contributed by atoms with Crippen LogP contribution in [0.1, 0.15) is 19.5 Å². The van der Waals surface area contributed by atoms with E-state index in [0.29, 0.717) is 5.82 Å².